The van der Waals surface area contributed by atoms with Gasteiger partial charge < -0.3 is 0 Å². The molecule has 0 unspecified atom stereocenters. The van der Waals surface area contributed by atoms with Gasteiger partial charge in [0.1, 0.15) is 4.32 Å². The van der Waals surface area contributed by atoms with Gasteiger partial charge in [-0.1, -0.05) is 109 Å². The molecule has 1 saturated heterocycles. The first-order valence-electron chi connectivity index (χ1n) is 11.5. The van der Waals surface area contributed by atoms with Crippen LogP contribution in [0.4, 0.5) is 0 Å². The molecule has 0 radical (unpaired) electrons. The SMILES string of the molecule is O=C(c1ccccc1)N1C=C[C@@H](c2ccccc2)C(C(=O)N2C(=S)SC[C@@H]2Cc2ccccc2)=C1. The Labute approximate surface area is 214 Å². The van der Waals surface area contributed by atoms with E-state index in [9.17, 15) is 9.59 Å². The summed E-state index contributed by atoms with van der Waals surface area (Å²) in [6.45, 7) is 0. The van der Waals surface area contributed by atoms with Crippen molar-refractivity contribution in [1.29, 1.82) is 0 Å². The normalized spacial score (nSPS) is 19.5. The molecular formula is C29H24N2O2S2. The first-order valence-corrected chi connectivity index (χ1v) is 12.9. The van der Waals surface area contributed by atoms with Crippen LogP contribution in [0.2, 0.25) is 0 Å². The maximum absolute atomic E-state index is 14.1. The molecule has 2 heterocycles. The summed E-state index contributed by atoms with van der Waals surface area (Å²) < 4.78 is 0.583. The summed E-state index contributed by atoms with van der Waals surface area (Å²) in [6.07, 6.45) is 6.08. The van der Waals surface area contributed by atoms with Crippen LogP contribution in [0.15, 0.2) is 115 Å². The Morgan fingerprint density at radius 2 is 1.49 bits per heavy atom. The summed E-state index contributed by atoms with van der Waals surface area (Å²) in [7, 11) is 0. The van der Waals surface area contributed by atoms with Crippen molar-refractivity contribution >= 4 is 40.1 Å². The van der Waals surface area contributed by atoms with Crippen LogP contribution >= 0.6 is 24.0 Å². The van der Waals surface area contributed by atoms with Gasteiger partial charge in [0, 0.05) is 35.2 Å². The number of hydrogen-bond donors (Lipinski definition) is 0. The summed E-state index contributed by atoms with van der Waals surface area (Å²) in [5.41, 5.74) is 3.25. The highest BCUT2D eigenvalue weighted by molar-refractivity contribution is 8.23. The van der Waals surface area contributed by atoms with Crippen LogP contribution in [-0.2, 0) is 11.2 Å². The summed E-state index contributed by atoms with van der Waals surface area (Å²) in [4.78, 5) is 30.5. The molecule has 174 valence electrons. The predicted octanol–water partition coefficient (Wildman–Crippen LogP) is 5.80. The number of allylic oxidation sites excluding steroid dienone is 1. The zero-order valence-corrected chi connectivity index (χ0v) is 20.6. The lowest BCUT2D eigenvalue weighted by molar-refractivity contribution is -0.124. The Bertz CT molecular complexity index is 1290. The monoisotopic (exact) mass is 496 g/mol. The lowest BCUT2D eigenvalue weighted by Crippen LogP contribution is -2.42. The predicted molar refractivity (Wildman–Crippen MR) is 145 cm³/mol. The van der Waals surface area contributed by atoms with E-state index in [0.717, 1.165) is 17.7 Å². The molecule has 2 amide bonds. The topological polar surface area (TPSA) is 40.6 Å². The van der Waals surface area contributed by atoms with Crippen molar-refractivity contribution in [2.24, 2.45) is 0 Å². The molecule has 0 aromatic heterocycles. The minimum Gasteiger partial charge on any atom is -0.290 e. The Hall–Kier alpha value is -3.48. The molecule has 3 aromatic carbocycles. The fraction of sp³-hybridized carbons (Fsp3) is 0.138. The fourth-order valence-corrected chi connectivity index (χ4v) is 5.84. The maximum atomic E-state index is 14.1. The smallest absolute Gasteiger partial charge is 0.261 e. The largest absolute Gasteiger partial charge is 0.290 e. The van der Waals surface area contributed by atoms with Gasteiger partial charge in [-0.2, -0.15) is 0 Å². The van der Waals surface area contributed by atoms with Crippen molar-refractivity contribution in [3.63, 3.8) is 0 Å². The second-order valence-electron chi connectivity index (χ2n) is 8.49. The molecule has 2 atom stereocenters. The molecule has 0 N–H and O–H groups in total. The van der Waals surface area contributed by atoms with Crippen molar-refractivity contribution < 1.29 is 9.59 Å². The molecule has 1 fully saturated rings. The van der Waals surface area contributed by atoms with Crippen molar-refractivity contribution in [2.75, 3.05) is 5.75 Å². The van der Waals surface area contributed by atoms with E-state index in [4.69, 9.17) is 12.2 Å². The molecule has 3 aromatic rings. The average molecular weight is 497 g/mol. The van der Waals surface area contributed by atoms with Crippen molar-refractivity contribution in [3.8, 4) is 0 Å². The van der Waals surface area contributed by atoms with E-state index >= 15 is 0 Å². The van der Waals surface area contributed by atoms with E-state index in [2.05, 4.69) is 12.1 Å². The molecule has 4 nitrogen and oxygen atoms in total. The molecule has 2 aliphatic heterocycles. The molecule has 0 saturated carbocycles. The van der Waals surface area contributed by atoms with Gasteiger partial charge in [0.05, 0.1) is 6.04 Å². The number of amides is 2. The summed E-state index contributed by atoms with van der Waals surface area (Å²) in [5.74, 6) is 0.155. The van der Waals surface area contributed by atoms with Gasteiger partial charge in [-0.15, -0.1) is 0 Å². The molecule has 0 aliphatic carbocycles. The summed E-state index contributed by atoms with van der Waals surface area (Å²) in [6, 6.07) is 29.1. The van der Waals surface area contributed by atoms with Crippen molar-refractivity contribution in [3.05, 3.63) is 132 Å². The lowest BCUT2D eigenvalue weighted by atomic mass is 9.88. The third-order valence-corrected chi connectivity index (χ3v) is 7.75. The van der Waals surface area contributed by atoms with E-state index in [1.54, 1.807) is 29.4 Å². The molecule has 5 rings (SSSR count). The minimum absolute atomic E-state index is 0.0381. The second-order valence-corrected chi connectivity index (χ2v) is 10.1. The summed E-state index contributed by atoms with van der Waals surface area (Å²) in [5, 5.41) is 0. The number of thioether (sulfide) groups is 1. The van der Waals surface area contributed by atoms with E-state index < -0.39 is 0 Å². The van der Waals surface area contributed by atoms with Crippen LogP contribution in [0, 0.1) is 0 Å². The molecule has 2 aliphatic rings. The van der Waals surface area contributed by atoms with Crippen LogP contribution in [-0.4, -0.2) is 37.7 Å². The van der Waals surface area contributed by atoms with Crippen LogP contribution in [0.1, 0.15) is 27.4 Å². The van der Waals surface area contributed by atoms with E-state index in [1.807, 2.05) is 72.8 Å². The average Bonchev–Trinajstić information content (AvgIpc) is 3.28. The third kappa shape index (κ3) is 4.99. The van der Waals surface area contributed by atoms with Gasteiger partial charge in [0.25, 0.3) is 11.8 Å². The standard InChI is InChI=1S/C29H24N2O2S2/c32-27(23-14-8-3-9-15-23)30-17-16-25(22-12-6-2-7-13-22)26(19-30)28(33)31-24(20-35-29(31)34)18-21-10-4-1-5-11-21/h1-17,19,24-25H,18,20H2/t24-,25-/m0/s1. The zero-order valence-electron chi connectivity index (χ0n) is 19.0. The highest BCUT2D eigenvalue weighted by atomic mass is 32.2. The number of hydrogen-bond acceptors (Lipinski definition) is 4. The van der Waals surface area contributed by atoms with Crippen molar-refractivity contribution in [2.45, 2.75) is 18.4 Å². The van der Waals surface area contributed by atoms with Crippen LogP contribution in [0.25, 0.3) is 0 Å². The highest BCUT2D eigenvalue weighted by Crippen LogP contribution is 2.35. The molecule has 35 heavy (non-hydrogen) atoms. The van der Waals surface area contributed by atoms with E-state index in [0.29, 0.717) is 15.5 Å². The number of rotatable bonds is 5. The Morgan fingerprint density at radius 1 is 0.857 bits per heavy atom. The maximum Gasteiger partial charge on any atom is 0.261 e. The molecule has 0 bridgehead atoms. The summed E-state index contributed by atoms with van der Waals surface area (Å²) >= 11 is 7.17. The first kappa shape index (κ1) is 23.3. The number of carbonyl (C=O) groups is 2. The Balaban J connectivity index is 1.49. The number of thiocarbonyl (C=S) groups is 1. The molecule has 0 spiro atoms. The molecular weight excluding hydrogens is 472 g/mol. The first-order chi connectivity index (χ1) is 17.1. The van der Waals surface area contributed by atoms with Gasteiger partial charge >= 0.3 is 0 Å². The minimum atomic E-state index is -0.269. The quantitative estimate of drug-likeness (QED) is 0.419. The van der Waals surface area contributed by atoms with E-state index in [1.165, 1.54) is 22.2 Å². The third-order valence-electron chi connectivity index (χ3n) is 6.21. The van der Waals surface area contributed by atoms with Crippen LogP contribution in [0.3, 0.4) is 0 Å². The lowest BCUT2D eigenvalue weighted by Gasteiger charge is -2.30. The fourth-order valence-electron chi connectivity index (χ4n) is 4.44. The van der Waals surface area contributed by atoms with E-state index in [-0.39, 0.29) is 23.8 Å². The Morgan fingerprint density at radius 3 is 2.17 bits per heavy atom. The van der Waals surface area contributed by atoms with Gasteiger partial charge in [-0.3, -0.25) is 19.4 Å². The Kier molecular flexibility index (Phi) is 6.93. The van der Waals surface area contributed by atoms with Crippen molar-refractivity contribution in [1.82, 2.24) is 9.80 Å². The van der Waals surface area contributed by atoms with Gasteiger partial charge in [-0.05, 0) is 29.7 Å². The van der Waals surface area contributed by atoms with Crippen LogP contribution < -0.4 is 0 Å². The highest BCUT2D eigenvalue weighted by Gasteiger charge is 2.38. The zero-order chi connectivity index (χ0) is 24.2. The second kappa shape index (κ2) is 10.4. The number of benzene rings is 3. The van der Waals surface area contributed by atoms with Gasteiger partial charge in [0.15, 0.2) is 0 Å². The van der Waals surface area contributed by atoms with Gasteiger partial charge in [-0.25, -0.2) is 0 Å². The van der Waals surface area contributed by atoms with Gasteiger partial charge in [0.2, 0.25) is 0 Å². The number of carbonyl (C=O) groups excluding carboxylic acids is 2. The van der Waals surface area contributed by atoms with Crippen LogP contribution in [0.5, 0.6) is 0 Å². The molecule has 6 heteroatoms. The number of nitrogens with zero attached hydrogens (tertiary/aromatic N) is 2.